The minimum absolute atomic E-state index is 0. The van der Waals surface area contributed by atoms with Gasteiger partial charge in [0.2, 0.25) is 0 Å². The lowest BCUT2D eigenvalue weighted by Gasteiger charge is -2.32. The van der Waals surface area contributed by atoms with E-state index >= 15 is 0 Å². The Morgan fingerprint density at radius 3 is 2.36 bits per heavy atom. The lowest BCUT2D eigenvalue weighted by molar-refractivity contribution is 0.170. The first-order valence-corrected chi connectivity index (χ1v) is 8.64. The molecular weight excluding hydrogens is 294 g/mol. The summed E-state index contributed by atoms with van der Waals surface area (Å²) in [5.41, 5.74) is 3.04. The lowest BCUT2D eigenvalue weighted by atomic mass is 10.1. The molecule has 1 atom stereocenters. The summed E-state index contributed by atoms with van der Waals surface area (Å²) in [6.07, 6.45) is 4.15. The Hall–Kier alpha value is -0.610. The Bertz CT molecular complexity index is 466. The van der Waals surface area contributed by atoms with E-state index in [0.29, 0.717) is 0 Å². The van der Waals surface area contributed by atoms with Crippen LogP contribution in [0.25, 0.3) is 0 Å². The Balaban J connectivity index is 0.00000144. The number of rotatable bonds is 4. The topological polar surface area (TPSA) is 18.5 Å². The van der Waals surface area contributed by atoms with Crippen LogP contribution in [0, 0.1) is 0 Å². The highest BCUT2D eigenvalue weighted by atomic mass is 35.5. The number of benzene rings is 1. The molecule has 3 fully saturated rings. The summed E-state index contributed by atoms with van der Waals surface area (Å²) in [4.78, 5) is 5.32. The van der Waals surface area contributed by atoms with Crippen molar-refractivity contribution in [3.8, 4) is 0 Å². The molecule has 1 N–H and O–H groups in total. The Labute approximate surface area is 140 Å². The third-order valence-electron chi connectivity index (χ3n) is 5.35. The van der Waals surface area contributed by atoms with Gasteiger partial charge in [-0.25, -0.2) is 0 Å². The highest BCUT2D eigenvalue weighted by Crippen LogP contribution is 2.39. The number of halogens is 1. The molecule has 2 saturated heterocycles. The summed E-state index contributed by atoms with van der Waals surface area (Å²) in [5.74, 6) is 0.878. The van der Waals surface area contributed by atoms with Crippen LogP contribution in [0.1, 0.15) is 36.3 Å². The van der Waals surface area contributed by atoms with E-state index in [1.54, 1.807) is 5.56 Å². The summed E-state index contributed by atoms with van der Waals surface area (Å²) in [6.45, 7) is 8.44. The van der Waals surface area contributed by atoms with Crippen molar-refractivity contribution in [1.29, 1.82) is 0 Å². The van der Waals surface area contributed by atoms with E-state index in [1.165, 1.54) is 64.1 Å². The highest BCUT2D eigenvalue weighted by molar-refractivity contribution is 5.85. The van der Waals surface area contributed by atoms with Gasteiger partial charge in [0.25, 0.3) is 0 Å². The molecular formula is C18H28ClN3. The van der Waals surface area contributed by atoms with Gasteiger partial charge in [-0.15, -0.1) is 12.4 Å². The SMILES string of the molecule is Cl.c1cc(C2CC2)ccc1CN1CCC(N2CCNCC2)C1. The van der Waals surface area contributed by atoms with E-state index in [-0.39, 0.29) is 12.4 Å². The van der Waals surface area contributed by atoms with E-state index < -0.39 is 0 Å². The van der Waals surface area contributed by atoms with Crippen molar-refractivity contribution >= 4 is 12.4 Å². The molecule has 1 saturated carbocycles. The molecule has 2 heterocycles. The minimum Gasteiger partial charge on any atom is -0.314 e. The van der Waals surface area contributed by atoms with Crippen molar-refractivity contribution < 1.29 is 0 Å². The normalized spacial score (nSPS) is 26.8. The van der Waals surface area contributed by atoms with Gasteiger partial charge in [0, 0.05) is 51.9 Å². The first kappa shape index (κ1) is 16.3. The molecule has 4 heteroatoms. The predicted octanol–water partition coefficient (Wildman–Crippen LogP) is 2.47. The number of nitrogens with one attached hydrogen (secondary N) is 1. The van der Waals surface area contributed by atoms with Crippen molar-refractivity contribution in [3.63, 3.8) is 0 Å². The third kappa shape index (κ3) is 3.83. The third-order valence-corrected chi connectivity index (χ3v) is 5.35. The van der Waals surface area contributed by atoms with Crippen LogP contribution in [0.5, 0.6) is 0 Å². The van der Waals surface area contributed by atoms with Gasteiger partial charge in [-0.3, -0.25) is 9.80 Å². The Kier molecular flexibility index (Phi) is 5.40. The highest BCUT2D eigenvalue weighted by Gasteiger charge is 2.28. The number of piperazine rings is 1. The van der Waals surface area contributed by atoms with E-state index in [0.717, 1.165) is 18.5 Å². The molecule has 4 rings (SSSR count). The van der Waals surface area contributed by atoms with E-state index in [4.69, 9.17) is 0 Å². The molecule has 22 heavy (non-hydrogen) atoms. The molecule has 0 spiro atoms. The van der Waals surface area contributed by atoms with Crippen LogP contribution >= 0.6 is 12.4 Å². The van der Waals surface area contributed by atoms with E-state index in [1.807, 2.05) is 0 Å². The average molecular weight is 322 g/mol. The van der Waals surface area contributed by atoms with Crippen molar-refractivity contribution in [2.75, 3.05) is 39.3 Å². The summed E-state index contributed by atoms with van der Waals surface area (Å²) in [5, 5.41) is 3.45. The molecule has 0 aromatic heterocycles. The Morgan fingerprint density at radius 2 is 1.68 bits per heavy atom. The number of hydrogen-bond acceptors (Lipinski definition) is 3. The van der Waals surface area contributed by atoms with Crippen molar-refractivity contribution in [1.82, 2.24) is 15.1 Å². The average Bonchev–Trinajstić information content (AvgIpc) is 3.29. The van der Waals surface area contributed by atoms with Crippen LogP contribution in [0.4, 0.5) is 0 Å². The number of nitrogens with zero attached hydrogens (tertiary/aromatic N) is 2. The van der Waals surface area contributed by atoms with Gasteiger partial charge in [0.05, 0.1) is 0 Å². The molecule has 1 aromatic carbocycles. The fourth-order valence-electron chi connectivity index (χ4n) is 3.87. The van der Waals surface area contributed by atoms with Gasteiger partial charge in [0.1, 0.15) is 0 Å². The molecule has 0 amide bonds. The summed E-state index contributed by atoms with van der Waals surface area (Å²) in [7, 11) is 0. The molecule has 2 aliphatic heterocycles. The van der Waals surface area contributed by atoms with Crippen molar-refractivity contribution in [2.24, 2.45) is 0 Å². The predicted molar refractivity (Wildman–Crippen MR) is 93.8 cm³/mol. The zero-order valence-electron chi connectivity index (χ0n) is 13.3. The summed E-state index contributed by atoms with van der Waals surface area (Å²) in [6, 6.07) is 10.2. The maximum atomic E-state index is 3.45. The summed E-state index contributed by atoms with van der Waals surface area (Å²) < 4.78 is 0. The van der Waals surface area contributed by atoms with Crippen LogP contribution < -0.4 is 5.32 Å². The second kappa shape index (κ2) is 7.31. The molecule has 3 nitrogen and oxygen atoms in total. The molecule has 0 bridgehead atoms. The summed E-state index contributed by atoms with van der Waals surface area (Å²) >= 11 is 0. The standard InChI is InChI=1S/C18H27N3.ClH/c1-3-16(17-5-6-17)4-2-15(1)13-20-10-7-18(14-20)21-11-8-19-9-12-21;/h1-4,17-19H,5-14H2;1H. The smallest absolute Gasteiger partial charge is 0.0236 e. The minimum atomic E-state index is 0. The second-order valence-corrected chi connectivity index (χ2v) is 6.98. The van der Waals surface area contributed by atoms with Crippen LogP contribution in [-0.2, 0) is 6.54 Å². The monoisotopic (exact) mass is 321 g/mol. The molecule has 1 aliphatic carbocycles. The van der Waals surface area contributed by atoms with E-state index in [9.17, 15) is 0 Å². The number of likely N-dealkylation sites (tertiary alicyclic amines) is 1. The molecule has 122 valence electrons. The molecule has 1 aromatic rings. The lowest BCUT2D eigenvalue weighted by Crippen LogP contribution is -2.49. The van der Waals surface area contributed by atoms with E-state index in [2.05, 4.69) is 39.4 Å². The van der Waals surface area contributed by atoms with Gasteiger partial charge < -0.3 is 5.32 Å². The number of hydrogen-bond donors (Lipinski definition) is 1. The van der Waals surface area contributed by atoms with Gasteiger partial charge in [-0.1, -0.05) is 24.3 Å². The largest absolute Gasteiger partial charge is 0.314 e. The quantitative estimate of drug-likeness (QED) is 0.919. The van der Waals surface area contributed by atoms with Crippen molar-refractivity contribution in [2.45, 2.75) is 37.8 Å². The van der Waals surface area contributed by atoms with Crippen LogP contribution in [-0.4, -0.2) is 55.1 Å². The molecule has 0 radical (unpaired) electrons. The van der Waals surface area contributed by atoms with Gasteiger partial charge in [-0.2, -0.15) is 0 Å². The van der Waals surface area contributed by atoms with Crippen LogP contribution in [0.3, 0.4) is 0 Å². The molecule has 1 unspecified atom stereocenters. The van der Waals surface area contributed by atoms with Crippen LogP contribution in [0.15, 0.2) is 24.3 Å². The maximum Gasteiger partial charge on any atom is 0.0236 e. The molecule has 3 aliphatic rings. The maximum absolute atomic E-state index is 3.45. The fraction of sp³-hybridized carbons (Fsp3) is 0.667. The van der Waals surface area contributed by atoms with Gasteiger partial charge >= 0.3 is 0 Å². The Morgan fingerprint density at radius 1 is 0.955 bits per heavy atom. The first-order chi connectivity index (χ1) is 10.4. The zero-order valence-corrected chi connectivity index (χ0v) is 14.2. The van der Waals surface area contributed by atoms with Crippen molar-refractivity contribution in [3.05, 3.63) is 35.4 Å². The van der Waals surface area contributed by atoms with Gasteiger partial charge in [0.15, 0.2) is 0 Å². The second-order valence-electron chi connectivity index (χ2n) is 6.98. The van der Waals surface area contributed by atoms with Crippen LogP contribution in [0.2, 0.25) is 0 Å². The zero-order chi connectivity index (χ0) is 14.1. The van der Waals surface area contributed by atoms with Gasteiger partial charge in [-0.05, 0) is 36.3 Å². The first-order valence-electron chi connectivity index (χ1n) is 8.64. The fourth-order valence-corrected chi connectivity index (χ4v) is 3.87.